The molecule has 0 heterocycles. The van der Waals surface area contributed by atoms with Crippen molar-refractivity contribution < 1.29 is 18.3 Å². The molecule has 0 aliphatic carbocycles. The largest absolute Gasteiger partial charge is 0.467 e. The van der Waals surface area contributed by atoms with E-state index in [1.165, 1.54) is 20.1 Å². The van der Waals surface area contributed by atoms with Gasteiger partial charge in [-0.1, -0.05) is 6.07 Å². The zero-order chi connectivity index (χ0) is 11.4. The molecular weight excluding hydrogens is 204 g/mol. The lowest BCUT2D eigenvalue weighted by molar-refractivity contribution is -0.141. The second-order valence-corrected chi connectivity index (χ2v) is 2.99. The molecule has 0 saturated heterocycles. The van der Waals surface area contributed by atoms with Crippen LogP contribution in [0.4, 0.5) is 14.5 Å². The van der Waals surface area contributed by atoms with Crippen molar-refractivity contribution in [2.75, 3.05) is 12.4 Å². The van der Waals surface area contributed by atoms with E-state index in [1.807, 2.05) is 0 Å². The van der Waals surface area contributed by atoms with Gasteiger partial charge in [0.15, 0.2) is 0 Å². The lowest BCUT2D eigenvalue weighted by atomic mass is 10.2. The molecule has 0 radical (unpaired) electrons. The molecule has 0 amide bonds. The summed E-state index contributed by atoms with van der Waals surface area (Å²) in [5.74, 6) is -2.07. The summed E-state index contributed by atoms with van der Waals surface area (Å²) in [5, 5.41) is 2.40. The maximum absolute atomic E-state index is 13.1. The number of anilines is 1. The Bertz CT molecular complexity index is 348. The fourth-order valence-corrected chi connectivity index (χ4v) is 1.09. The molecule has 5 heteroatoms. The van der Waals surface area contributed by atoms with E-state index < -0.39 is 23.6 Å². The number of ether oxygens (including phenoxy) is 1. The number of hydrogen-bond acceptors (Lipinski definition) is 3. The summed E-state index contributed by atoms with van der Waals surface area (Å²) in [5.41, 5.74) is -0.324. The van der Waals surface area contributed by atoms with E-state index >= 15 is 0 Å². The molecule has 0 spiro atoms. The number of halogens is 2. The van der Waals surface area contributed by atoms with Gasteiger partial charge in [0.05, 0.1) is 7.11 Å². The molecule has 1 rings (SSSR count). The van der Waals surface area contributed by atoms with Gasteiger partial charge in [0, 0.05) is 0 Å². The van der Waals surface area contributed by atoms with Gasteiger partial charge in [0.25, 0.3) is 0 Å². The monoisotopic (exact) mass is 215 g/mol. The highest BCUT2D eigenvalue weighted by Gasteiger charge is 2.16. The normalized spacial score (nSPS) is 12.0. The zero-order valence-corrected chi connectivity index (χ0v) is 8.38. The van der Waals surface area contributed by atoms with Crippen LogP contribution in [0.1, 0.15) is 6.92 Å². The quantitative estimate of drug-likeness (QED) is 0.783. The summed E-state index contributed by atoms with van der Waals surface area (Å²) in [6.07, 6.45) is 0. The Morgan fingerprint density at radius 2 is 1.93 bits per heavy atom. The molecule has 1 aromatic rings. The third-order valence-electron chi connectivity index (χ3n) is 1.88. The Hall–Kier alpha value is -1.65. The van der Waals surface area contributed by atoms with Crippen molar-refractivity contribution in [2.24, 2.45) is 0 Å². The summed E-state index contributed by atoms with van der Waals surface area (Å²) < 4.78 is 30.7. The molecule has 0 bridgehead atoms. The van der Waals surface area contributed by atoms with Crippen molar-refractivity contribution in [1.82, 2.24) is 0 Å². The van der Waals surface area contributed by atoms with Gasteiger partial charge in [-0.3, -0.25) is 0 Å². The van der Waals surface area contributed by atoms with Crippen LogP contribution in [0.15, 0.2) is 18.2 Å². The molecule has 0 aliphatic rings. The van der Waals surface area contributed by atoms with E-state index in [0.717, 1.165) is 12.1 Å². The first-order valence-electron chi connectivity index (χ1n) is 4.34. The third-order valence-corrected chi connectivity index (χ3v) is 1.88. The minimum absolute atomic E-state index is 0.324. The maximum Gasteiger partial charge on any atom is 0.327 e. The topological polar surface area (TPSA) is 38.3 Å². The van der Waals surface area contributed by atoms with Gasteiger partial charge in [-0.05, 0) is 19.1 Å². The van der Waals surface area contributed by atoms with Crippen LogP contribution in [0.5, 0.6) is 0 Å². The number of methoxy groups -OCH3 is 1. The molecule has 1 aromatic carbocycles. The van der Waals surface area contributed by atoms with Crippen molar-refractivity contribution in [2.45, 2.75) is 13.0 Å². The molecule has 1 atom stereocenters. The molecule has 0 aromatic heterocycles. The number of carbonyl (C=O) groups excluding carboxylic acids is 1. The Kier molecular flexibility index (Phi) is 3.60. The van der Waals surface area contributed by atoms with Gasteiger partial charge >= 0.3 is 5.97 Å². The van der Waals surface area contributed by atoms with Crippen molar-refractivity contribution in [3.8, 4) is 0 Å². The molecule has 1 unspecified atom stereocenters. The molecule has 82 valence electrons. The van der Waals surface area contributed by atoms with Crippen LogP contribution < -0.4 is 5.32 Å². The van der Waals surface area contributed by atoms with Crippen LogP contribution in [0, 0.1) is 11.6 Å². The minimum Gasteiger partial charge on any atom is -0.467 e. The SMILES string of the molecule is COC(=O)C(C)Nc1c(F)cccc1F. The van der Waals surface area contributed by atoms with E-state index in [1.54, 1.807) is 0 Å². The average Bonchev–Trinajstić information content (AvgIpc) is 2.22. The molecule has 1 N–H and O–H groups in total. The van der Waals surface area contributed by atoms with E-state index in [9.17, 15) is 13.6 Å². The summed E-state index contributed by atoms with van der Waals surface area (Å²) in [4.78, 5) is 11.0. The first kappa shape index (κ1) is 11.4. The summed E-state index contributed by atoms with van der Waals surface area (Å²) in [6, 6.07) is 2.66. The second-order valence-electron chi connectivity index (χ2n) is 2.99. The Balaban J connectivity index is 2.85. The van der Waals surface area contributed by atoms with Crippen LogP contribution in [-0.2, 0) is 9.53 Å². The van der Waals surface area contributed by atoms with Gasteiger partial charge < -0.3 is 10.1 Å². The molecule has 0 saturated carbocycles. The first-order valence-corrected chi connectivity index (χ1v) is 4.34. The molecule has 0 fully saturated rings. The standard InChI is InChI=1S/C10H11F2NO2/c1-6(10(14)15-2)13-9-7(11)4-3-5-8(9)12/h3-6,13H,1-2H3. The molecule has 0 aliphatic heterocycles. The van der Waals surface area contributed by atoms with Crippen LogP contribution in [0.25, 0.3) is 0 Å². The summed E-state index contributed by atoms with van der Waals surface area (Å²) in [6.45, 7) is 1.46. The summed E-state index contributed by atoms with van der Waals surface area (Å²) >= 11 is 0. The number of carbonyl (C=O) groups is 1. The number of rotatable bonds is 3. The number of para-hydroxylation sites is 1. The predicted molar refractivity (Wildman–Crippen MR) is 51.5 cm³/mol. The Labute approximate surface area is 86.0 Å². The molecule has 15 heavy (non-hydrogen) atoms. The van der Waals surface area contributed by atoms with E-state index in [-0.39, 0.29) is 5.69 Å². The van der Waals surface area contributed by atoms with Gasteiger partial charge in [-0.25, -0.2) is 13.6 Å². The second kappa shape index (κ2) is 4.72. The van der Waals surface area contributed by atoms with Gasteiger partial charge in [0.2, 0.25) is 0 Å². The van der Waals surface area contributed by atoms with E-state index in [2.05, 4.69) is 10.1 Å². The highest BCUT2D eigenvalue weighted by Crippen LogP contribution is 2.18. The fraction of sp³-hybridized carbons (Fsp3) is 0.300. The zero-order valence-electron chi connectivity index (χ0n) is 8.38. The average molecular weight is 215 g/mol. The van der Waals surface area contributed by atoms with Gasteiger partial charge in [0.1, 0.15) is 23.4 Å². The first-order chi connectivity index (χ1) is 7.06. The highest BCUT2D eigenvalue weighted by molar-refractivity contribution is 5.78. The maximum atomic E-state index is 13.1. The Morgan fingerprint density at radius 3 is 2.40 bits per heavy atom. The van der Waals surface area contributed by atoms with E-state index in [0.29, 0.717) is 0 Å². The number of esters is 1. The van der Waals surface area contributed by atoms with Crippen LogP contribution in [-0.4, -0.2) is 19.1 Å². The highest BCUT2D eigenvalue weighted by atomic mass is 19.1. The van der Waals surface area contributed by atoms with E-state index in [4.69, 9.17) is 0 Å². The van der Waals surface area contributed by atoms with Crippen molar-refractivity contribution in [3.05, 3.63) is 29.8 Å². The van der Waals surface area contributed by atoms with Crippen LogP contribution >= 0.6 is 0 Å². The molecular formula is C10H11F2NO2. The number of benzene rings is 1. The van der Waals surface area contributed by atoms with Gasteiger partial charge in [-0.2, -0.15) is 0 Å². The van der Waals surface area contributed by atoms with Crippen molar-refractivity contribution >= 4 is 11.7 Å². The fourth-order valence-electron chi connectivity index (χ4n) is 1.09. The summed E-state index contributed by atoms with van der Waals surface area (Å²) in [7, 11) is 1.21. The van der Waals surface area contributed by atoms with Crippen LogP contribution in [0.2, 0.25) is 0 Å². The van der Waals surface area contributed by atoms with Crippen molar-refractivity contribution in [3.63, 3.8) is 0 Å². The lowest BCUT2D eigenvalue weighted by Gasteiger charge is -2.13. The smallest absolute Gasteiger partial charge is 0.327 e. The van der Waals surface area contributed by atoms with Crippen molar-refractivity contribution in [1.29, 1.82) is 0 Å². The van der Waals surface area contributed by atoms with Crippen LogP contribution in [0.3, 0.4) is 0 Å². The lowest BCUT2D eigenvalue weighted by Crippen LogP contribution is -2.28. The molecule has 3 nitrogen and oxygen atoms in total. The minimum atomic E-state index is -0.804. The predicted octanol–water partition coefficient (Wildman–Crippen LogP) is 1.94. The Morgan fingerprint density at radius 1 is 1.40 bits per heavy atom. The number of hydrogen-bond donors (Lipinski definition) is 1. The van der Waals surface area contributed by atoms with Gasteiger partial charge in [-0.15, -0.1) is 0 Å². The number of nitrogens with one attached hydrogen (secondary N) is 1. The third kappa shape index (κ3) is 2.65.